The number of nitrogen functional groups attached to an aromatic ring is 1. The minimum atomic E-state index is -0.616. The van der Waals surface area contributed by atoms with Crippen molar-refractivity contribution in [1.82, 2.24) is 15.3 Å². The maximum Gasteiger partial charge on any atom is 0.349 e. The molecule has 0 aromatic carbocycles. The zero-order chi connectivity index (χ0) is 18.0. The smallest absolute Gasteiger partial charge is 0.349 e. The highest BCUT2D eigenvalue weighted by Crippen LogP contribution is 2.36. The van der Waals surface area contributed by atoms with Crippen molar-refractivity contribution in [3.8, 4) is 0 Å². The molecule has 25 heavy (non-hydrogen) atoms. The SMILES string of the molecule is Cc1cc(C2CCC2)oc(=O)c1C(=O)NCCc1nc(N)cc(=O)[nH]1. The van der Waals surface area contributed by atoms with E-state index in [2.05, 4.69) is 15.3 Å². The summed E-state index contributed by atoms with van der Waals surface area (Å²) in [5, 5.41) is 2.64. The molecule has 0 spiro atoms. The molecular formula is C17H20N4O4. The molecule has 8 heteroatoms. The van der Waals surface area contributed by atoms with Crippen LogP contribution in [0.15, 0.2) is 26.1 Å². The van der Waals surface area contributed by atoms with E-state index in [0.29, 0.717) is 17.1 Å². The molecule has 0 saturated heterocycles. The summed E-state index contributed by atoms with van der Waals surface area (Å²) < 4.78 is 5.32. The van der Waals surface area contributed by atoms with E-state index in [1.807, 2.05) is 0 Å². The van der Waals surface area contributed by atoms with Crippen molar-refractivity contribution in [2.24, 2.45) is 0 Å². The van der Waals surface area contributed by atoms with Gasteiger partial charge in [-0.05, 0) is 31.4 Å². The summed E-state index contributed by atoms with van der Waals surface area (Å²) in [5.74, 6) is 0.932. The maximum absolute atomic E-state index is 12.3. The number of aromatic amines is 1. The fraction of sp³-hybridized carbons (Fsp3) is 0.412. The highest BCUT2D eigenvalue weighted by atomic mass is 16.4. The van der Waals surface area contributed by atoms with Crippen molar-refractivity contribution >= 4 is 11.7 Å². The number of amides is 1. The van der Waals surface area contributed by atoms with Crippen molar-refractivity contribution in [2.75, 3.05) is 12.3 Å². The third-order valence-corrected chi connectivity index (χ3v) is 4.36. The second-order valence-corrected chi connectivity index (χ2v) is 6.24. The minimum Gasteiger partial charge on any atom is -0.427 e. The van der Waals surface area contributed by atoms with Crippen molar-refractivity contribution in [3.05, 3.63) is 55.6 Å². The predicted octanol–water partition coefficient (Wildman–Crippen LogP) is 0.854. The van der Waals surface area contributed by atoms with Crippen LogP contribution in [0.2, 0.25) is 0 Å². The zero-order valence-electron chi connectivity index (χ0n) is 13.9. The topological polar surface area (TPSA) is 131 Å². The molecule has 1 amide bonds. The molecule has 2 heterocycles. The van der Waals surface area contributed by atoms with Crippen LogP contribution in [0.25, 0.3) is 0 Å². The summed E-state index contributed by atoms with van der Waals surface area (Å²) in [6.45, 7) is 1.93. The molecular weight excluding hydrogens is 324 g/mol. The summed E-state index contributed by atoms with van der Waals surface area (Å²) in [4.78, 5) is 42.3. The van der Waals surface area contributed by atoms with Gasteiger partial charge in [-0.2, -0.15) is 0 Å². The van der Waals surface area contributed by atoms with Gasteiger partial charge in [-0.3, -0.25) is 9.59 Å². The Morgan fingerprint density at radius 2 is 2.16 bits per heavy atom. The lowest BCUT2D eigenvalue weighted by atomic mass is 9.83. The van der Waals surface area contributed by atoms with E-state index < -0.39 is 11.5 Å². The second kappa shape index (κ2) is 6.92. The van der Waals surface area contributed by atoms with Gasteiger partial charge in [0, 0.05) is 24.9 Å². The van der Waals surface area contributed by atoms with E-state index in [9.17, 15) is 14.4 Å². The van der Waals surface area contributed by atoms with Gasteiger partial charge in [0.15, 0.2) is 0 Å². The number of carbonyl (C=O) groups excluding carboxylic acids is 1. The number of carbonyl (C=O) groups is 1. The number of nitrogens with one attached hydrogen (secondary N) is 2. The Kier molecular flexibility index (Phi) is 4.69. The lowest BCUT2D eigenvalue weighted by molar-refractivity contribution is 0.0948. The minimum absolute atomic E-state index is 0.0112. The summed E-state index contributed by atoms with van der Waals surface area (Å²) in [5.41, 5.74) is 5.15. The Hall–Kier alpha value is -2.90. The average molecular weight is 344 g/mol. The van der Waals surface area contributed by atoms with Crippen molar-refractivity contribution in [1.29, 1.82) is 0 Å². The number of hydrogen-bond acceptors (Lipinski definition) is 6. The van der Waals surface area contributed by atoms with Crippen LogP contribution in [0.5, 0.6) is 0 Å². The number of H-pyrrole nitrogens is 1. The Morgan fingerprint density at radius 3 is 2.76 bits per heavy atom. The molecule has 1 aliphatic carbocycles. The predicted molar refractivity (Wildman–Crippen MR) is 91.6 cm³/mol. The van der Waals surface area contributed by atoms with Gasteiger partial charge >= 0.3 is 5.63 Å². The number of nitrogens with two attached hydrogens (primary N) is 1. The van der Waals surface area contributed by atoms with Gasteiger partial charge < -0.3 is 20.5 Å². The molecule has 132 valence electrons. The van der Waals surface area contributed by atoms with E-state index in [-0.39, 0.29) is 35.8 Å². The van der Waals surface area contributed by atoms with E-state index in [1.54, 1.807) is 13.0 Å². The van der Waals surface area contributed by atoms with Gasteiger partial charge in [-0.15, -0.1) is 0 Å². The molecule has 0 atom stereocenters. The largest absolute Gasteiger partial charge is 0.427 e. The third kappa shape index (κ3) is 3.78. The molecule has 8 nitrogen and oxygen atoms in total. The van der Waals surface area contributed by atoms with Crippen molar-refractivity contribution in [2.45, 2.75) is 38.5 Å². The normalized spacial score (nSPS) is 14.1. The molecule has 1 aliphatic rings. The number of aromatic nitrogens is 2. The lowest BCUT2D eigenvalue weighted by Gasteiger charge is -2.24. The van der Waals surface area contributed by atoms with Crippen LogP contribution in [0.1, 0.15) is 52.7 Å². The Balaban J connectivity index is 1.66. The number of aryl methyl sites for hydroxylation is 1. The maximum atomic E-state index is 12.3. The monoisotopic (exact) mass is 344 g/mol. The van der Waals surface area contributed by atoms with Crippen molar-refractivity contribution < 1.29 is 9.21 Å². The van der Waals surface area contributed by atoms with E-state index in [1.165, 1.54) is 6.07 Å². The van der Waals surface area contributed by atoms with Gasteiger partial charge in [0.1, 0.15) is 23.0 Å². The molecule has 0 radical (unpaired) electrons. The average Bonchev–Trinajstić information content (AvgIpc) is 2.43. The number of rotatable bonds is 5. The molecule has 2 aromatic heterocycles. The third-order valence-electron chi connectivity index (χ3n) is 4.36. The molecule has 2 aromatic rings. The number of nitrogens with zero attached hydrogens (tertiary/aromatic N) is 1. The van der Waals surface area contributed by atoms with Crippen LogP contribution in [-0.4, -0.2) is 22.4 Å². The summed E-state index contributed by atoms with van der Waals surface area (Å²) in [6.07, 6.45) is 3.45. The molecule has 4 N–H and O–H groups in total. The standard InChI is InChI=1S/C17H20N4O4/c1-9-7-11(10-3-2-4-10)25-17(24)15(9)16(23)19-6-5-13-20-12(18)8-14(22)21-13/h7-8,10H,2-6H2,1H3,(H,19,23)(H3,18,20,21,22). The Labute approximate surface area is 143 Å². The van der Waals surface area contributed by atoms with Crippen LogP contribution in [0.4, 0.5) is 5.82 Å². The molecule has 0 bridgehead atoms. The van der Waals surface area contributed by atoms with Crippen molar-refractivity contribution in [3.63, 3.8) is 0 Å². The number of hydrogen-bond donors (Lipinski definition) is 3. The summed E-state index contributed by atoms with van der Waals surface area (Å²) in [7, 11) is 0. The fourth-order valence-corrected chi connectivity index (χ4v) is 2.83. The van der Waals surface area contributed by atoms with Gasteiger partial charge in [0.25, 0.3) is 11.5 Å². The second-order valence-electron chi connectivity index (χ2n) is 6.24. The van der Waals surface area contributed by atoms with Crippen LogP contribution >= 0.6 is 0 Å². The highest BCUT2D eigenvalue weighted by Gasteiger charge is 2.25. The first-order chi connectivity index (χ1) is 11.9. The fourth-order valence-electron chi connectivity index (χ4n) is 2.83. The highest BCUT2D eigenvalue weighted by molar-refractivity contribution is 5.95. The Bertz CT molecular complexity index is 912. The first-order valence-corrected chi connectivity index (χ1v) is 8.22. The van der Waals surface area contributed by atoms with Crippen LogP contribution in [-0.2, 0) is 6.42 Å². The van der Waals surface area contributed by atoms with E-state index in [4.69, 9.17) is 10.2 Å². The van der Waals surface area contributed by atoms with Gasteiger partial charge in [0.2, 0.25) is 0 Å². The summed E-state index contributed by atoms with van der Waals surface area (Å²) in [6, 6.07) is 2.96. The molecule has 1 saturated carbocycles. The van der Waals surface area contributed by atoms with Crippen LogP contribution < -0.4 is 22.2 Å². The molecule has 1 fully saturated rings. The van der Waals surface area contributed by atoms with Gasteiger partial charge in [-0.25, -0.2) is 9.78 Å². The van der Waals surface area contributed by atoms with Gasteiger partial charge in [-0.1, -0.05) is 6.42 Å². The molecule has 3 rings (SSSR count). The van der Waals surface area contributed by atoms with E-state index >= 15 is 0 Å². The quantitative estimate of drug-likeness (QED) is 0.737. The van der Waals surface area contributed by atoms with Crippen LogP contribution in [0, 0.1) is 6.92 Å². The van der Waals surface area contributed by atoms with Gasteiger partial charge in [0.05, 0.1) is 0 Å². The van der Waals surface area contributed by atoms with E-state index in [0.717, 1.165) is 19.3 Å². The first-order valence-electron chi connectivity index (χ1n) is 8.22. The van der Waals surface area contributed by atoms with Crippen LogP contribution in [0.3, 0.4) is 0 Å². The Morgan fingerprint density at radius 1 is 1.40 bits per heavy atom. The lowest BCUT2D eigenvalue weighted by Crippen LogP contribution is -2.32. The zero-order valence-corrected chi connectivity index (χ0v) is 13.9. The molecule has 0 aliphatic heterocycles. The first kappa shape index (κ1) is 16.9. The summed E-state index contributed by atoms with van der Waals surface area (Å²) >= 11 is 0. The number of anilines is 1. The molecule has 0 unspecified atom stereocenters.